The van der Waals surface area contributed by atoms with E-state index in [1.165, 1.54) is 4.31 Å². The molecule has 0 aromatic heterocycles. The molecule has 2 aliphatic carbocycles. The first kappa shape index (κ1) is 13.7. The van der Waals surface area contributed by atoms with Gasteiger partial charge in [-0.15, -0.1) is 0 Å². The van der Waals surface area contributed by atoms with Crippen molar-refractivity contribution in [3.05, 3.63) is 0 Å². The first-order valence-corrected chi connectivity index (χ1v) is 8.43. The lowest BCUT2D eigenvalue weighted by molar-refractivity contribution is -0.104. The van der Waals surface area contributed by atoms with Gasteiger partial charge in [0.15, 0.2) is 0 Å². The molecule has 1 atom stereocenters. The van der Waals surface area contributed by atoms with Gasteiger partial charge in [0.2, 0.25) is 15.9 Å². The number of hydrogen-bond donors (Lipinski definition) is 0. The fourth-order valence-corrected chi connectivity index (χ4v) is 5.12. The van der Waals surface area contributed by atoms with Crippen molar-refractivity contribution in [2.45, 2.75) is 37.6 Å². The molecule has 7 heteroatoms. The fourth-order valence-electron chi connectivity index (χ4n) is 3.10. The van der Waals surface area contributed by atoms with Gasteiger partial charge in [0.25, 0.3) is 0 Å². The SMILES string of the molecule is O=S(=O)(CC1CC(F)(F)C1)N1CCOCC1C1CC1. The van der Waals surface area contributed by atoms with E-state index in [2.05, 4.69) is 0 Å². The summed E-state index contributed by atoms with van der Waals surface area (Å²) in [6.07, 6.45) is 1.51. The minimum Gasteiger partial charge on any atom is -0.378 e. The third-order valence-corrected chi connectivity index (χ3v) is 6.32. The molecule has 0 spiro atoms. The number of morpholine rings is 1. The van der Waals surface area contributed by atoms with E-state index in [0.29, 0.717) is 25.7 Å². The van der Waals surface area contributed by atoms with E-state index in [4.69, 9.17) is 4.74 Å². The lowest BCUT2D eigenvalue weighted by Crippen LogP contribution is -2.52. The maximum atomic E-state index is 12.8. The summed E-state index contributed by atoms with van der Waals surface area (Å²) >= 11 is 0. The number of halogens is 2. The molecule has 0 bridgehead atoms. The van der Waals surface area contributed by atoms with E-state index in [0.717, 1.165) is 12.8 Å². The smallest absolute Gasteiger partial charge is 0.248 e. The quantitative estimate of drug-likeness (QED) is 0.789. The molecule has 1 aliphatic heterocycles. The molecule has 110 valence electrons. The van der Waals surface area contributed by atoms with Crippen molar-refractivity contribution in [3.63, 3.8) is 0 Å². The zero-order valence-corrected chi connectivity index (χ0v) is 11.5. The predicted molar refractivity (Wildman–Crippen MR) is 65.5 cm³/mol. The average molecular weight is 295 g/mol. The van der Waals surface area contributed by atoms with Gasteiger partial charge in [0, 0.05) is 19.4 Å². The van der Waals surface area contributed by atoms with Gasteiger partial charge in [-0.05, 0) is 24.7 Å². The van der Waals surface area contributed by atoms with Crippen molar-refractivity contribution >= 4 is 10.0 Å². The molecular weight excluding hydrogens is 276 g/mol. The van der Waals surface area contributed by atoms with Crippen LogP contribution in [0.1, 0.15) is 25.7 Å². The maximum absolute atomic E-state index is 12.8. The first-order valence-electron chi connectivity index (χ1n) is 6.82. The molecule has 3 fully saturated rings. The van der Waals surface area contributed by atoms with Crippen LogP contribution in [-0.2, 0) is 14.8 Å². The Bertz CT molecular complexity index is 442. The van der Waals surface area contributed by atoms with E-state index < -0.39 is 15.9 Å². The number of alkyl halides is 2. The first-order chi connectivity index (χ1) is 8.87. The number of rotatable bonds is 4. The van der Waals surface area contributed by atoms with Crippen molar-refractivity contribution in [1.82, 2.24) is 4.31 Å². The second kappa shape index (κ2) is 4.63. The molecule has 0 amide bonds. The zero-order valence-electron chi connectivity index (χ0n) is 10.7. The van der Waals surface area contributed by atoms with E-state index in [9.17, 15) is 17.2 Å². The monoisotopic (exact) mass is 295 g/mol. The van der Waals surface area contributed by atoms with Crippen molar-refractivity contribution in [2.24, 2.45) is 11.8 Å². The Balaban J connectivity index is 1.65. The van der Waals surface area contributed by atoms with Crippen LogP contribution < -0.4 is 0 Å². The fraction of sp³-hybridized carbons (Fsp3) is 1.00. The highest BCUT2D eigenvalue weighted by Crippen LogP contribution is 2.44. The molecule has 1 heterocycles. The summed E-state index contributed by atoms with van der Waals surface area (Å²) in [7, 11) is -3.43. The minimum absolute atomic E-state index is 0.0701. The predicted octanol–water partition coefficient (Wildman–Crippen LogP) is 1.47. The summed E-state index contributed by atoms with van der Waals surface area (Å²) < 4.78 is 57.2. The number of hydrogen-bond acceptors (Lipinski definition) is 3. The van der Waals surface area contributed by atoms with Gasteiger partial charge < -0.3 is 4.74 Å². The van der Waals surface area contributed by atoms with Gasteiger partial charge in [-0.1, -0.05) is 0 Å². The average Bonchev–Trinajstić information content (AvgIpc) is 3.10. The van der Waals surface area contributed by atoms with Crippen LogP contribution in [0.15, 0.2) is 0 Å². The third-order valence-electron chi connectivity index (χ3n) is 4.26. The normalized spacial score (nSPS) is 33.1. The molecule has 1 saturated heterocycles. The molecule has 19 heavy (non-hydrogen) atoms. The topological polar surface area (TPSA) is 46.6 Å². The Hall–Kier alpha value is -0.270. The molecule has 0 aromatic carbocycles. The second-order valence-corrected chi connectivity index (χ2v) is 7.97. The number of nitrogens with zero attached hydrogens (tertiary/aromatic N) is 1. The molecule has 3 rings (SSSR count). The lowest BCUT2D eigenvalue weighted by atomic mass is 9.83. The third kappa shape index (κ3) is 2.92. The molecular formula is C12H19F2NO3S. The van der Waals surface area contributed by atoms with Crippen LogP contribution in [0.3, 0.4) is 0 Å². The van der Waals surface area contributed by atoms with Crippen LogP contribution in [0.2, 0.25) is 0 Å². The summed E-state index contributed by atoms with van der Waals surface area (Å²) in [6, 6.07) is -0.0701. The standard InChI is InChI=1S/C12H19F2NO3S/c13-12(14)5-9(6-12)8-19(16,17)15-3-4-18-7-11(15)10-1-2-10/h9-11H,1-8H2. The molecule has 1 unspecified atom stereocenters. The van der Waals surface area contributed by atoms with Crippen LogP contribution in [0.25, 0.3) is 0 Å². The van der Waals surface area contributed by atoms with E-state index in [1.54, 1.807) is 0 Å². The van der Waals surface area contributed by atoms with E-state index in [1.807, 2.05) is 0 Å². The van der Waals surface area contributed by atoms with Crippen LogP contribution in [-0.4, -0.2) is 50.2 Å². The summed E-state index contributed by atoms with van der Waals surface area (Å²) in [4.78, 5) is 0. The van der Waals surface area contributed by atoms with Gasteiger partial charge in [-0.2, -0.15) is 4.31 Å². The van der Waals surface area contributed by atoms with Gasteiger partial charge in [-0.25, -0.2) is 17.2 Å². The molecule has 0 radical (unpaired) electrons. The summed E-state index contributed by atoms with van der Waals surface area (Å²) in [5.74, 6) is -2.77. The Morgan fingerprint density at radius 1 is 1.26 bits per heavy atom. The minimum atomic E-state index is -3.43. The highest BCUT2D eigenvalue weighted by molar-refractivity contribution is 7.89. The van der Waals surface area contributed by atoms with Gasteiger partial charge in [0.1, 0.15) is 0 Å². The van der Waals surface area contributed by atoms with Crippen LogP contribution >= 0.6 is 0 Å². The Morgan fingerprint density at radius 2 is 1.95 bits per heavy atom. The maximum Gasteiger partial charge on any atom is 0.248 e. The van der Waals surface area contributed by atoms with Crippen LogP contribution in [0, 0.1) is 11.8 Å². The van der Waals surface area contributed by atoms with Gasteiger partial charge in [-0.3, -0.25) is 0 Å². The molecule has 4 nitrogen and oxygen atoms in total. The van der Waals surface area contributed by atoms with Crippen LogP contribution in [0.4, 0.5) is 8.78 Å². The lowest BCUT2D eigenvalue weighted by Gasteiger charge is -2.39. The largest absolute Gasteiger partial charge is 0.378 e. The second-order valence-electron chi connectivity index (χ2n) is 6.00. The van der Waals surface area contributed by atoms with Crippen molar-refractivity contribution < 1.29 is 21.9 Å². The molecule has 3 aliphatic rings. The van der Waals surface area contributed by atoms with Crippen molar-refractivity contribution in [3.8, 4) is 0 Å². The van der Waals surface area contributed by atoms with Gasteiger partial charge >= 0.3 is 0 Å². The van der Waals surface area contributed by atoms with E-state index >= 15 is 0 Å². The summed E-state index contributed by atoms with van der Waals surface area (Å²) in [5.41, 5.74) is 0. The van der Waals surface area contributed by atoms with E-state index in [-0.39, 0.29) is 30.6 Å². The summed E-state index contributed by atoms with van der Waals surface area (Å²) in [5, 5.41) is 0. The highest BCUT2D eigenvalue weighted by atomic mass is 32.2. The molecule has 0 aromatic rings. The Kier molecular flexibility index (Phi) is 3.34. The van der Waals surface area contributed by atoms with Gasteiger partial charge in [0.05, 0.1) is 25.0 Å². The number of sulfonamides is 1. The molecule has 0 N–H and O–H groups in total. The zero-order chi connectivity index (χ0) is 13.7. The Labute approximate surface area is 112 Å². The van der Waals surface area contributed by atoms with Crippen LogP contribution in [0.5, 0.6) is 0 Å². The van der Waals surface area contributed by atoms with Crippen molar-refractivity contribution in [1.29, 1.82) is 0 Å². The summed E-state index contributed by atoms with van der Waals surface area (Å²) in [6.45, 7) is 1.22. The molecule has 2 saturated carbocycles. The Morgan fingerprint density at radius 3 is 2.53 bits per heavy atom. The highest BCUT2D eigenvalue weighted by Gasteiger charge is 2.49. The van der Waals surface area contributed by atoms with Crippen molar-refractivity contribution in [2.75, 3.05) is 25.5 Å². The number of ether oxygens (including phenoxy) is 1.